The Morgan fingerprint density at radius 3 is 1.64 bits per heavy atom. The van der Waals surface area contributed by atoms with Crippen LogP contribution in [0, 0.1) is 46.3 Å². The van der Waals surface area contributed by atoms with Gasteiger partial charge in [-0.15, -0.1) is 0 Å². The van der Waals surface area contributed by atoms with Crippen molar-refractivity contribution in [1.29, 1.82) is 0 Å². The second-order valence-corrected chi connectivity index (χ2v) is 13.4. The summed E-state index contributed by atoms with van der Waals surface area (Å²) in [5.41, 5.74) is -1.79. The van der Waals surface area contributed by atoms with E-state index in [0.29, 0.717) is 38.5 Å². The first-order valence-corrected chi connectivity index (χ1v) is 14.1. The van der Waals surface area contributed by atoms with Gasteiger partial charge < -0.3 is 14.2 Å². The molecule has 8 bridgehead atoms. The van der Waals surface area contributed by atoms with E-state index in [4.69, 9.17) is 9.47 Å². The predicted octanol–water partition coefficient (Wildman–Crippen LogP) is 4.50. The minimum Gasteiger partial charge on any atom is -0.461 e. The fraction of sp³-hybridized carbons (Fsp3) is 0.857. The van der Waals surface area contributed by atoms with Crippen molar-refractivity contribution in [2.75, 3.05) is 13.2 Å². The molecule has 0 aromatic heterocycles. The SMILES string of the molecule is CC(F)(F)C(F)(F)OCC(COC(=O)C12CC3CC(C1)C(=O)C(C3)C2)OC(=O)C12CC3CC(C1)C(=O)C(C3)C2. The minimum absolute atomic E-state index is 0.0226. The average Bonchev–Trinajstić information content (AvgIpc) is 2.85. The van der Waals surface area contributed by atoms with Crippen molar-refractivity contribution in [3.8, 4) is 0 Å². The van der Waals surface area contributed by atoms with E-state index in [2.05, 4.69) is 4.74 Å². The first-order chi connectivity index (χ1) is 18.2. The number of Topliss-reactive ketones (excluding diaryl/α,β-unsaturated/α-hetero) is 2. The lowest BCUT2D eigenvalue weighted by molar-refractivity contribution is -0.346. The molecule has 0 heterocycles. The monoisotopic (exact) mass is 558 g/mol. The van der Waals surface area contributed by atoms with E-state index in [1.807, 2.05) is 0 Å². The fourth-order valence-electron chi connectivity index (χ4n) is 9.03. The maximum Gasteiger partial charge on any atom is 0.419 e. The number of rotatable bonds is 9. The normalized spacial score (nSPS) is 41.2. The summed E-state index contributed by atoms with van der Waals surface area (Å²) in [6.07, 6.45) is -0.925. The number of ether oxygens (including phenoxy) is 3. The van der Waals surface area contributed by atoms with Gasteiger partial charge in [0.05, 0.1) is 17.4 Å². The van der Waals surface area contributed by atoms with Gasteiger partial charge in [-0.25, -0.2) is 0 Å². The van der Waals surface area contributed by atoms with Gasteiger partial charge in [0.15, 0.2) is 6.10 Å². The molecule has 8 aliphatic carbocycles. The molecule has 7 nitrogen and oxygen atoms in total. The fourth-order valence-corrected chi connectivity index (χ4v) is 9.03. The third-order valence-corrected chi connectivity index (χ3v) is 10.5. The zero-order valence-corrected chi connectivity index (χ0v) is 21.9. The lowest BCUT2D eigenvalue weighted by atomic mass is 9.49. The van der Waals surface area contributed by atoms with Crippen LogP contribution < -0.4 is 0 Å². The Labute approximate surface area is 223 Å². The first kappa shape index (κ1) is 27.1. The van der Waals surface area contributed by atoms with Crippen LogP contribution in [-0.2, 0) is 33.4 Å². The Hall–Kier alpha value is -2.04. The number of halogens is 4. The van der Waals surface area contributed by atoms with Crippen molar-refractivity contribution in [3.05, 3.63) is 0 Å². The molecule has 8 aliphatic rings. The van der Waals surface area contributed by atoms with E-state index in [0.717, 1.165) is 25.7 Å². The number of carbonyl (C=O) groups excluding carboxylic acids is 4. The van der Waals surface area contributed by atoms with Crippen LogP contribution in [0.4, 0.5) is 17.6 Å². The van der Waals surface area contributed by atoms with Gasteiger partial charge in [0.25, 0.3) is 0 Å². The summed E-state index contributed by atoms with van der Waals surface area (Å²) in [6.45, 7) is -1.70. The number of alkyl halides is 4. The third-order valence-electron chi connectivity index (χ3n) is 10.5. The molecule has 0 amide bonds. The largest absolute Gasteiger partial charge is 0.461 e. The molecule has 5 unspecified atom stereocenters. The van der Waals surface area contributed by atoms with Crippen molar-refractivity contribution in [3.63, 3.8) is 0 Å². The predicted molar refractivity (Wildman–Crippen MR) is 124 cm³/mol. The van der Waals surface area contributed by atoms with E-state index in [9.17, 15) is 36.7 Å². The van der Waals surface area contributed by atoms with Crippen LogP contribution in [0.5, 0.6) is 0 Å². The smallest absolute Gasteiger partial charge is 0.419 e. The number of hydrogen-bond donors (Lipinski definition) is 0. The van der Waals surface area contributed by atoms with E-state index in [-0.39, 0.29) is 54.0 Å². The van der Waals surface area contributed by atoms with Crippen LogP contribution in [0.3, 0.4) is 0 Å². The van der Waals surface area contributed by atoms with Crippen LogP contribution in [-0.4, -0.2) is 54.9 Å². The summed E-state index contributed by atoms with van der Waals surface area (Å²) >= 11 is 0. The highest BCUT2D eigenvalue weighted by Gasteiger charge is 2.61. The summed E-state index contributed by atoms with van der Waals surface area (Å²) in [5.74, 6) is -5.82. The molecule has 0 radical (unpaired) electrons. The molecule has 39 heavy (non-hydrogen) atoms. The molecule has 8 fully saturated rings. The van der Waals surface area contributed by atoms with Gasteiger partial charge in [-0.1, -0.05) is 0 Å². The van der Waals surface area contributed by atoms with Crippen LogP contribution in [0.2, 0.25) is 0 Å². The van der Waals surface area contributed by atoms with Gasteiger partial charge >= 0.3 is 24.0 Å². The van der Waals surface area contributed by atoms with Gasteiger partial charge in [-0.2, -0.15) is 17.6 Å². The maximum absolute atomic E-state index is 13.9. The number of carbonyl (C=O) groups is 4. The molecule has 0 aromatic carbocycles. The highest BCUT2D eigenvalue weighted by atomic mass is 19.3. The van der Waals surface area contributed by atoms with Crippen molar-refractivity contribution in [1.82, 2.24) is 0 Å². The number of esters is 2. The van der Waals surface area contributed by atoms with Crippen molar-refractivity contribution in [2.24, 2.45) is 46.3 Å². The molecule has 0 spiro atoms. The van der Waals surface area contributed by atoms with E-state index >= 15 is 0 Å². The Morgan fingerprint density at radius 1 is 0.769 bits per heavy atom. The quantitative estimate of drug-likeness (QED) is 0.304. The highest BCUT2D eigenvalue weighted by molar-refractivity contribution is 5.90. The Balaban J connectivity index is 1.15. The summed E-state index contributed by atoms with van der Waals surface area (Å²) < 4.78 is 70.0. The number of hydrogen-bond acceptors (Lipinski definition) is 7. The molecule has 0 aromatic rings. The van der Waals surface area contributed by atoms with E-state index < -0.39 is 54.1 Å². The topological polar surface area (TPSA) is 96.0 Å². The molecule has 216 valence electrons. The van der Waals surface area contributed by atoms with Crippen molar-refractivity contribution < 1.29 is 51.0 Å². The Kier molecular flexibility index (Phi) is 6.25. The molecular weight excluding hydrogens is 524 g/mol. The molecule has 0 saturated heterocycles. The summed E-state index contributed by atoms with van der Waals surface area (Å²) in [5, 5.41) is 0. The zero-order valence-electron chi connectivity index (χ0n) is 21.9. The summed E-state index contributed by atoms with van der Waals surface area (Å²) in [4.78, 5) is 51.7. The second-order valence-electron chi connectivity index (χ2n) is 13.4. The second kappa shape index (κ2) is 8.98. The maximum atomic E-state index is 13.9. The van der Waals surface area contributed by atoms with Crippen LogP contribution in [0.1, 0.15) is 71.1 Å². The molecule has 5 atom stereocenters. The standard InChI is InChI=1S/C28H34F4O7/c1-25(29,30)28(31,32)38-13-20(39-24(36)27-7-15-4-18(10-27)22(34)19(5-15)11-27)12-37-23(35)26-6-14-2-16(8-26)21(33)17(3-14)9-26/h14-20H,2-13H2,1H3. The lowest BCUT2D eigenvalue weighted by Gasteiger charge is -2.54. The highest BCUT2D eigenvalue weighted by Crippen LogP contribution is 2.60. The van der Waals surface area contributed by atoms with Gasteiger partial charge in [-0.05, 0) is 76.0 Å². The molecular formula is C28H34F4O7. The molecule has 11 heteroatoms. The minimum atomic E-state index is -4.82. The van der Waals surface area contributed by atoms with Gasteiger partial charge in [-0.3, -0.25) is 19.2 Å². The summed E-state index contributed by atoms with van der Waals surface area (Å²) in [7, 11) is 0. The average molecular weight is 559 g/mol. The van der Waals surface area contributed by atoms with Crippen LogP contribution in [0.15, 0.2) is 0 Å². The number of ketones is 2. The molecule has 0 N–H and O–H groups in total. The van der Waals surface area contributed by atoms with Gasteiger partial charge in [0.1, 0.15) is 18.2 Å². The van der Waals surface area contributed by atoms with Crippen LogP contribution in [0.25, 0.3) is 0 Å². The molecule has 8 saturated carbocycles. The van der Waals surface area contributed by atoms with Gasteiger partial charge in [0.2, 0.25) is 0 Å². The summed E-state index contributed by atoms with van der Waals surface area (Å²) in [6, 6.07) is 0. The molecule has 8 rings (SSSR count). The van der Waals surface area contributed by atoms with Crippen molar-refractivity contribution >= 4 is 23.5 Å². The van der Waals surface area contributed by atoms with E-state index in [1.165, 1.54) is 0 Å². The third kappa shape index (κ3) is 4.50. The zero-order chi connectivity index (χ0) is 28.0. The van der Waals surface area contributed by atoms with Gasteiger partial charge in [0, 0.05) is 30.6 Å². The molecule has 0 aliphatic heterocycles. The Bertz CT molecular complexity index is 1050. The van der Waals surface area contributed by atoms with Crippen molar-refractivity contribution in [2.45, 2.75) is 89.3 Å². The first-order valence-electron chi connectivity index (χ1n) is 14.1. The Morgan fingerprint density at radius 2 is 1.21 bits per heavy atom. The van der Waals surface area contributed by atoms with E-state index in [1.54, 1.807) is 0 Å². The lowest BCUT2D eigenvalue weighted by Crippen LogP contribution is -2.56. The van der Waals surface area contributed by atoms with Crippen LogP contribution >= 0.6 is 0 Å².